The van der Waals surface area contributed by atoms with Crippen LogP contribution in [0.25, 0.3) is 0 Å². The van der Waals surface area contributed by atoms with Gasteiger partial charge in [0.25, 0.3) is 0 Å². The Kier molecular flexibility index (Phi) is 6.54. The summed E-state index contributed by atoms with van der Waals surface area (Å²) in [7, 11) is 0. The molecule has 1 aliphatic rings. The molecule has 1 fully saturated rings. The Morgan fingerprint density at radius 1 is 0.774 bits per heavy atom. The molecule has 0 bridgehead atoms. The number of aryl methyl sites for hydroxylation is 1. The minimum absolute atomic E-state index is 0.612. The van der Waals surface area contributed by atoms with Crippen LogP contribution >= 0.6 is 0 Å². The molecule has 3 aromatic carbocycles. The third-order valence-corrected chi connectivity index (χ3v) is 4.99. The Morgan fingerprint density at radius 2 is 1.35 bits per heavy atom. The normalized spacial score (nSPS) is 14.4. The van der Waals surface area contributed by atoms with Gasteiger partial charge in [0.1, 0.15) is 6.29 Å². The lowest BCUT2D eigenvalue weighted by Gasteiger charge is -2.28. The second-order valence-electron chi connectivity index (χ2n) is 7.20. The largest absolute Gasteiger partial charge is 0.378 e. The van der Waals surface area contributed by atoms with Gasteiger partial charge in [-0.3, -0.25) is 4.79 Å². The van der Waals surface area contributed by atoms with Crippen LogP contribution in [0.1, 0.15) is 15.9 Å². The number of hydrogen-bond donors (Lipinski definition) is 0. The number of ether oxygens (including phenoxy) is 1. The van der Waals surface area contributed by atoms with Crippen LogP contribution in [0.4, 0.5) is 28.4 Å². The minimum Gasteiger partial charge on any atom is -0.378 e. The van der Waals surface area contributed by atoms with Crippen LogP contribution in [-0.2, 0) is 4.74 Å². The van der Waals surface area contributed by atoms with E-state index < -0.39 is 0 Å². The van der Waals surface area contributed by atoms with Crippen LogP contribution in [-0.4, -0.2) is 32.6 Å². The zero-order valence-corrected chi connectivity index (χ0v) is 17.3. The number of rotatable bonds is 6. The summed E-state index contributed by atoms with van der Waals surface area (Å²) in [5, 5.41) is 17.2. The van der Waals surface area contributed by atoms with Gasteiger partial charge in [0.2, 0.25) is 0 Å². The fourth-order valence-corrected chi connectivity index (χ4v) is 3.21. The van der Waals surface area contributed by atoms with Crippen molar-refractivity contribution in [3.05, 3.63) is 77.9 Å². The third kappa shape index (κ3) is 5.46. The molecule has 4 rings (SSSR count). The molecule has 7 nitrogen and oxygen atoms in total. The number of carbonyl (C=O) groups is 1. The van der Waals surface area contributed by atoms with E-state index in [1.165, 1.54) is 5.69 Å². The average molecular weight is 413 g/mol. The molecule has 0 spiro atoms. The second kappa shape index (κ2) is 9.86. The van der Waals surface area contributed by atoms with Crippen molar-refractivity contribution in [2.45, 2.75) is 6.92 Å². The van der Waals surface area contributed by atoms with Crippen LogP contribution in [0, 0.1) is 6.92 Å². The number of nitrogens with zero attached hydrogens (tertiary/aromatic N) is 5. The summed E-state index contributed by atoms with van der Waals surface area (Å²) < 4.78 is 5.40. The van der Waals surface area contributed by atoms with Crippen molar-refractivity contribution in [2.75, 3.05) is 31.2 Å². The van der Waals surface area contributed by atoms with Crippen LogP contribution in [0.2, 0.25) is 0 Å². The highest BCUT2D eigenvalue weighted by molar-refractivity contribution is 5.75. The van der Waals surface area contributed by atoms with Crippen LogP contribution in [0.5, 0.6) is 0 Å². The number of benzene rings is 3. The highest BCUT2D eigenvalue weighted by Gasteiger charge is 2.10. The van der Waals surface area contributed by atoms with Gasteiger partial charge in [-0.05, 0) is 79.2 Å². The zero-order valence-electron chi connectivity index (χ0n) is 17.3. The first kappa shape index (κ1) is 20.6. The standard InChI is InChI=1S/C24H23N5O2/c1-18-16-22(8-11-24(18)28-26-20-4-2-19(17-30)3-5-20)27-25-21-6-9-23(10-7-21)29-12-14-31-15-13-29/h2-11,16-17H,12-15H2,1H3/b27-25+,28-26+. The first-order valence-electron chi connectivity index (χ1n) is 10.1. The summed E-state index contributed by atoms with van der Waals surface area (Å²) in [6.07, 6.45) is 0.802. The molecule has 0 N–H and O–H groups in total. The second-order valence-corrected chi connectivity index (χ2v) is 7.20. The lowest BCUT2D eigenvalue weighted by atomic mass is 10.2. The Morgan fingerprint density at radius 3 is 2.00 bits per heavy atom. The van der Waals surface area contributed by atoms with Gasteiger partial charge in [-0.2, -0.15) is 20.5 Å². The van der Waals surface area contributed by atoms with E-state index in [-0.39, 0.29) is 0 Å². The first-order chi connectivity index (χ1) is 15.2. The average Bonchev–Trinajstić information content (AvgIpc) is 2.83. The summed E-state index contributed by atoms with van der Waals surface area (Å²) in [6, 6.07) is 20.7. The molecule has 0 radical (unpaired) electrons. The monoisotopic (exact) mass is 413 g/mol. The van der Waals surface area contributed by atoms with Crippen molar-refractivity contribution in [1.82, 2.24) is 0 Å². The fourth-order valence-electron chi connectivity index (χ4n) is 3.21. The molecule has 0 unspecified atom stereocenters. The maximum absolute atomic E-state index is 10.7. The summed E-state index contributed by atoms with van der Waals surface area (Å²) in [6.45, 7) is 5.31. The molecule has 7 heteroatoms. The number of carbonyl (C=O) groups excluding carboxylic acids is 1. The van der Waals surface area contributed by atoms with Crippen molar-refractivity contribution in [3.63, 3.8) is 0 Å². The van der Waals surface area contributed by atoms with E-state index in [0.29, 0.717) is 11.3 Å². The molecule has 0 atom stereocenters. The molecule has 1 heterocycles. The Bertz CT molecular complexity index is 1090. The predicted molar refractivity (Wildman–Crippen MR) is 121 cm³/mol. The summed E-state index contributed by atoms with van der Waals surface area (Å²) in [5.41, 5.74) is 5.74. The smallest absolute Gasteiger partial charge is 0.150 e. The Balaban J connectivity index is 1.40. The molecule has 0 aliphatic carbocycles. The van der Waals surface area contributed by atoms with Gasteiger partial charge in [0.15, 0.2) is 0 Å². The van der Waals surface area contributed by atoms with Crippen LogP contribution in [0.15, 0.2) is 87.2 Å². The molecule has 0 amide bonds. The van der Waals surface area contributed by atoms with E-state index in [2.05, 4.69) is 37.5 Å². The third-order valence-electron chi connectivity index (χ3n) is 4.99. The Hall–Kier alpha value is -3.71. The lowest BCUT2D eigenvalue weighted by molar-refractivity contribution is 0.112. The lowest BCUT2D eigenvalue weighted by Crippen LogP contribution is -2.36. The van der Waals surface area contributed by atoms with Gasteiger partial charge in [-0.15, -0.1) is 0 Å². The molecular weight excluding hydrogens is 390 g/mol. The van der Waals surface area contributed by atoms with Crippen molar-refractivity contribution in [2.24, 2.45) is 20.5 Å². The molecule has 3 aromatic rings. The highest BCUT2D eigenvalue weighted by Crippen LogP contribution is 2.28. The van der Waals surface area contributed by atoms with Crippen molar-refractivity contribution < 1.29 is 9.53 Å². The number of hydrogen-bond acceptors (Lipinski definition) is 7. The maximum Gasteiger partial charge on any atom is 0.150 e. The number of azo groups is 2. The van der Waals surface area contributed by atoms with Gasteiger partial charge < -0.3 is 9.64 Å². The van der Waals surface area contributed by atoms with Crippen molar-refractivity contribution >= 4 is 34.7 Å². The first-order valence-corrected chi connectivity index (χ1v) is 10.1. The van der Waals surface area contributed by atoms with E-state index in [0.717, 1.165) is 55.2 Å². The summed E-state index contributed by atoms with van der Waals surface area (Å²) in [5.74, 6) is 0. The molecular formula is C24H23N5O2. The van der Waals surface area contributed by atoms with E-state index in [1.807, 2.05) is 37.3 Å². The SMILES string of the molecule is Cc1cc(/N=N/c2ccc(N3CCOCC3)cc2)ccc1/N=N/c1ccc(C=O)cc1. The highest BCUT2D eigenvalue weighted by atomic mass is 16.5. The van der Waals surface area contributed by atoms with E-state index in [9.17, 15) is 4.79 Å². The van der Waals surface area contributed by atoms with Gasteiger partial charge in [0, 0.05) is 24.3 Å². The van der Waals surface area contributed by atoms with E-state index in [1.54, 1.807) is 24.3 Å². The molecule has 1 aliphatic heterocycles. The molecule has 1 saturated heterocycles. The van der Waals surface area contributed by atoms with Crippen molar-refractivity contribution in [3.8, 4) is 0 Å². The van der Waals surface area contributed by atoms with E-state index in [4.69, 9.17) is 4.74 Å². The van der Waals surface area contributed by atoms with Gasteiger partial charge >= 0.3 is 0 Å². The quantitative estimate of drug-likeness (QED) is 0.343. The Labute approximate surface area is 181 Å². The van der Waals surface area contributed by atoms with Crippen molar-refractivity contribution in [1.29, 1.82) is 0 Å². The molecule has 0 aromatic heterocycles. The number of anilines is 1. The predicted octanol–water partition coefficient (Wildman–Crippen LogP) is 6.47. The fraction of sp³-hybridized carbons (Fsp3) is 0.208. The molecule has 156 valence electrons. The van der Waals surface area contributed by atoms with Gasteiger partial charge in [0.05, 0.1) is 36.0 Å². The van der Waals surface area contributed by atoms with Gasteiger partial charge in [-0.25, -0.2) is 0 Å². The van der Waals surface area contributed by atoms with Crippen LogP contribution < -0.4 is 4.90 Å². The topological polar surface area (TPSA) is 79.0 Å². The molecule has 0 saturated carbocycles. The minimum atomic E-state index is 0.612. The zero-order chi connectivity index (χ0) is 21.5. The number of aldehydes is 1. The van der Waals surface area contributed by atoms with Gasteiger partial charge in [-0.1, -0.05) is 0 Å². The maximum atomic E-state index is 10.7. The number of morpholine rings is 1. The molecule has 31 heavy (non-hydrogen) atoms. The summed E-state index contributed by atoms with van der Waals surface area (Å²) in [4.78, 5) is 13.0. The van der Waals surface area contributed by atoms with E-state index >= 15 is 0 Å². The summed E-state index contributed by atoms with van der Waals surface area (Å²) >= 11 is 0. The van der Waals surface area contributed by atoms with Crippen LogP contribution in [0.3, 0.4) is 0 Å².